The average molecular weight is 324 g/mol. The molecule has 2 rings (SSSR count). The van der Waals surface area contributed by atoms with E-state index in [0.717, 1.165) is 5.57 Å². The number of carbonyl (C=O) groups excluding carboxylic acids is 1. The van der Waals surface area contributed by atoms with Gasteiger partial charge in [0.2, 0.25) is 0 Å². The lowest BCUT2D eigenvalue weighted by Gasteiger charge is -2.27. The largest absolute Gasteiger partial charge is 0.338 e. The predicted octanol–water partition coefficient (Wildman–Crippen LogP) is 2.39. The fraction of sp³-hybridized carbons (Fsp3) is 0.438. The van der Waals surface area contributed by atoms with Crippen molar-refractivity contribution in [1.29, 1.82) is 0 Å². The van der Waals surface area contributed by atoms with Gasteiger partial charge in [0.05, 0.1) is 0 Å². The van der Waals surface area contributed by atoms with Crippen LogP contribution in [-0.4, -0.2) is 46.8 Å². The van der Waals surface area contributed by atoms with Crippen LogP contribution in [0.4, 0.5) is 9.18 Å². The van der Waals surface area contributed by atoms with Crippen molar-refractivity contribution in [3.63, 3.8) is 0 Å². The molecule has 0 fully saturated rings. The van der Waals surface area contributed by atoms with Gasteiger partial charge >= 0.3 is 6.03 Å². The van der Waals surface area contributed by atoms with Gasteiger partial charge < -0.3 is 10.2 Å². The molecule has 0 saturated carbocycles. The first-order chi connectivity index (χ1) is 10.6. The maximum atomic E-state index is 13.7. The maximum Gasteiger partial charge on any atom is 0.317 e. The second-order valence-corrected chi connectivity index (χ2v) is 6.82. The first-order valence-electron chi connectivity index (χ1n) is 7.34. The van der Waals surface area contributed by atoms with Crippen LogP contribution in [0.2, 0.25) is 0 Å². The maximum absolute atomic E-state index is 13.7. The zero-order valence-electron chi connectivity index (χ0n) is 12.7. The van der Waals surface area contributed by atoms with Crippen LogP contribution in [-0.2, 0) is 10.8 Å². The van der Waals surface area contributed by atoms with Crippen molar-refractivity contribution in [1.82, 2.24) is 10.2 Å². The van der Waals surface area contributed by atoms with Crippen LogP contribution in [0.1, 0.15) is 18.4 Å². The van der Waals surface area contributed by atoms with Crippen LogP contribution in [0.25, 0.3) is 5.57 Å². The first kappa shape index (κ1) is 16.7. The van der Waals surface area contributed by atoms with Crippen molar-refractivity contribution in [2.45, 2.75) is 12.8 Å². The van der Waals surface area contributed by atoms with E-state index in [4.69, 9.17) is 0 Å². The van der Waals surface area contributed by atoms with E-state index in [2.05, 4.69) is 5.32 Å². The monoisotopic (exact) mass is 324 g/mol. The van der Waals surface area contributed by atoms with Crippen molar-refractivity contribution >= 4 is 22.4 Å². The summed E-state index contributed by atoms with van der Waals surface area (Å²) in [4.78, 5) is 13.7. The van der Waals surface area contributed by atoms with Gasteiger partial charge in [-0.1, -0.05) is 24.3 Å². The summed E-state index contributed by atoms with van der Waals surface area (Å²) < 4.78 is 24.7. The molecule has 1 aromatic rings. The van der Waals surface area contributed by atoms with Gasteiger partial charge in [-0.2, -0.15) is 0 Å². The summed E-state index contributed by atoms with van der Waals surface area (Å²) in [6.45, 7) is 1.58. The normalized spacial score (nSPS) is 16.1. The number of hydrogen-bond acceptors (Lipinski definition) is 2. The van der Waals surface area contributed by atoms with E-state index in [-0.39, 0.29) is 11.8 Å². The minimum absolute atomic E-state index is 0.120. The third-order valence-corrected chi connectivity index (χ3v) is 4.46. The summed E-state index contributed by atoms with van der Waals surface area (Å²) in [5.74, 6) is 0.372. The molecule has 0 bridgehead atoms. The van der Waals surface area contributed by atoms with Crippen LogP contribution in [0.5, 0.6) is 0 Å². The van der Waals surface area contributed by atoms with Gasteiger partial charge in [-0.25, -0.2) is 9.18 Å². The van der Waals surface area contributed by atoms with Crippen molar-refractivity contribution in [3.8, 4) is 0 Å². The van der Waals surface area contributed by atoms with Gasteiger partial charge in [-0.15, -0.1) is 0 Å². The molecule has 0 saturated heterocycles. The van der Waals surface area contributed by atoms with E-state index in [0.29, 0.717) is 43.8 Å². The highest BCUT2D eigenvalue weighted by atomic mass is 32.2. The Kier molecular flexibility index (Phi) is 6.12. The first-order valence-corrected chi connectivity index (χ1v) is 9.07. The Bertz CT molecular complexity index is 589. The Morgan fingerprint density at radius 3 is 2.82 bits per heavy atom. The van der Waals surface area contributed by atoms with Crippen molar-refractivity contribution < 1.29 is 13.4 Å². The Labute approximate surface area is 132 Å². The van der Waals surface area contributed by atoms with Gasteiger partial charge in [0.15, 0.2) is 0 Å². The van der Waals surface area contributed by atoms with E-state index < -0.39 is 10.8 Å². The molecule has 2 amide bonds. The van der Waals surface area contributed by atoms with Crippen molar-refractivity contribution in [2.75, 3.05) is 31.6 Å². The Balaban J connectivity index is 1.84. The zero-order chi connectivity index (χ0) is 15.9. The lowest BCUT2D eigenvalue weighted by atomic mass is 9.99. The third kappa shape index (κ3) is 4.66. The van der Waals surface area contributed by atoms with Crippen LogP contribution in [0.3, 0.4) is 0 Å². The van der Waals surface area contributed by atoms with E-state index in [1.807, 2.05) is 12.1 Å². The molecule has 1 unspecified atom stereocenters. The molecule has 1 atom stereocenters. The van der Waals surface area contributed by atoms with Gasteiger partial charge in [0.25, 0.3) is 0 Å². The van der Waals surface area contributed by atoms with Gasteiger partial charge in [0.1, 0.15) is 5.82 Å². The number of amides is 2. The zero-order valence-corrected chi connectivity index (χ0v) is 13.5. The Morgan fingerprint density at radius 2 is 2.18 bits per heavy atom. The highest BCUT2D eigenvalue weighted by Crippen LogP contribution is 2.24. The lowest BCUT2D eigenvalue weighted by molar-refractivity contribution is 0.203. The SMILES string of the molecule is CS(=O)CCCNC(=O)N1CC=C(c2ccccc2F)CC1. The topological polar surface area (TPSA) is 49.4 Å². The van der Waals surface area contributed by atoms with Crippen molar-refractivity contribution in [2.24, 2.45) is 0 Å². The molecule has 22 heavy (non-hydrogen) atoms. The van der Waals surface area contributed by atoms with Gasteiger partial charge in [-0.3, -0.25) is 4.21 Å². The van der Waals surface area contributed by atoms with E-state index in [1.54, 1.807) is 23.3 Å². The highest BCUT2D eigenvalue weighted by Gasteiger charge is 2.18. The molecule has 1 N–H and O–H groups in total. The average Bonchev–Trinajstić information content (AvgIpc) is 2.52. The lowest BCUT2D eigenvalue weighted by Crippen LogP contribution is -2.42. The Hall–Kier alpha value is -1.69. The van der Waals surface area contributed by atoms with Gasteiger partial charge in [0, 0.05) is 48.0 Å². The molecule has 1 aromatic carbocycles. The Morgan fingerprint density at radius 1 is 1.41 bits per heavy atom. The second kappa shape index (κ2) is 8.08. The molecule has 1 aliphatic heterocycles. The molecule has 4 nitrogen and oxygen atoms in total. The summed E-state index contributed by atoms with van der Waals surface area (Å²) in [5.41, 5.74) is 1.57. The molecule has 1 aliphatic rings. The summed E-state index contributed by atoms with van der Waals surface area (Å²) in [6, 6.07) is 6.58. The number of urea groups is 1. The summed E-state index contributed by atoms with van der Waals surface area (Å²) in [5, 5.41) is 2.82. The molecular formula is C16H21FN2O2S. The predicted molar refractivity (Wildman–Crippen MR) is 87.5 cm³/mol. The smallest absolute Gasteiger partial charge is 0.317 e. The molecule has 0 radical (unpaired) electrons. The fourth-order valence-electron chi connectivity index (χ4n) is 2.40. The summed E-state index contributed by atoms with van der Waals surface area (Å²) in [7, 11) is -0.823. The van der Waals surface area contributed by atoms with Crippen molar-refractivity contribution in [3.05, 3.63) is 41.7 Å². The standard InChI is InChI=1S/C16H21FN2O2S/c1-22(21)12-4-9-18-16(20)19-10-7-13(8-11-19)14-5-2-3-6-15(14)17/h2-3,5-7H,4,8-12H2,1H3,(H,18,20). The summed E-state index contributed by atoms with van der Waals surface area (Å²) >= 11 is 0. The number of rotatable bonds is 5. The third-order valence-electron chi connectivity index (χ3n) is 3.60. The molecule has 1 heterocycles. The number of halogens is 1. The second-order valence-electron chi connectivity index (χ2n) is 5.27. The molecule has 0 aliphatic carbocycles. The number of hydrogen-bond donors (Lipinski definition) is 1. The molecule has 6 heteroatoms. The van der Waals surface area contributed by atoms with E-state index >= 15 is 0 Å². The molecule has 0 spiro atoms. The number of benzene rings is 1. The number of nitrogens with one attached hydrogen (secondary N) is 1. The van der Waals surface area contributed by atoms with Crippen LogP contribution in [0, 0.1) is 5.82 Å². The molecule has 0 aromatic heterocycles. The fourth-order valence-corrected chi connectivity index (χ4v) is 2.95. The number of nitrogens with zero attached hydrogens (tertiary/aromatic N) is 1. The molecule has 120 valence electrons. The molecular weight excluding hydrogens is 303 g/mol. The number of carbonyl (C=O) groups is 1. The minimum Gasteiger partial charge on any atom is -0.338 e. The van der Waals surface area contributed by atoms with E-state index in [9.17, 15) is 13.4 Å². The summed E-state index contributed by atoms with van der Waals surface area (Å²) in [6.07, 6.45) is 4.91. The quantitative estimate of drug-likeness (QED) is 0.846. The minimum atomic E-state index is -0.823. The van der Waals surface area contributed by atoms with E-state index in [1.165, 1.54) is 6.07 Å². The van der Waals surface area contributed by atoms with Crippen LogP contribution < -0.4 is 5.32 Å². The van der Waals surface area contributed by atoms with Gasteiger partial charge in [-0.05, 0) is 24.5 Å². The highest BCUT2D eigenvalue weighted by molar-refractivity contribution is 7.84. The van der Waals surface area contributed by atoms with Crippen LogP contribution >= 0.6 is 0 Å². The van der Waals surface area contributed by atoms with Crippen LogP contribution in [0.15, 0.2) is 30.3 Å².